The number of hydrogen-bond donors (Lipinski definition) is 2. The Labute approximate surface area is 104 Å². The molecule has 0 aromatic carbocycles. The van der Waals surface area contributed by atoms with E-state index in [-0.39, 0.29) is 12.5 Å². The number of nitrogen functional groups attached to an aromatic ring is 1. The minimum atomic E-state index is -0.0553. The van der Waals surface area contributed by atoms with E-state index in [1.165, 1.54) is 0 Å². The van der Waals surface area contributed by atoms with Crippen LogP contribution in [0.5, 0.6) is 0 Å². The molecule has 1 aromatic rings. The van der Waals surface area contributed by atoms with E-state index in [2.05, 4.69) is 10.4 Å². The van der Waals surface area contributed by atoms with Crippen molar-refractivity contribution in [2.24, 2.45) is 5.84 Å². The van der Waals surface area contributed by atoms with Gasteiger partial charge in [-0.25, -0.2) is 10.8 Å². The van der Waals surface area contributed by atoms with Crippen LogP contribution >= 0.6 is 11.6 Å². The lowest BCUT2D eigenvalue weighted by molar-refractivity contribution is -0.143. The molecule has 7 heteroatoms. The second kappa shape index (κ2) is 5.31. The second-order valence-corrected chi connectivity index (χ2v) is 4.04. The number of pyridine rings is 1. The molecule has 1 fully saturated rings. The van der Waals surface area contributed by atoms with Gasteiger partial charge in [-0.3, -0.25) is 4.79 Å². The number of nitrogens with two attached hydrogens (primary N) is 1. The van der Waals surface area contributed by atoms with Gasteiger partial charge >= 0.3 is 0 Å². The molecule has 17 heavy (non-hydrogen) atoms. The molecule has 0 atom stereocenters. The van der Waals surface area contributed by atoms with Crippen molar-refractivity contribution >= 4 is 23.3 Å². The van der Waals surface area contributed by atoms with Crippen LogP contribution in [0.25, 0.3) is 0 Å². The summed E-state index contributed by atoms with van der Waals surface area (Å²) in [6.45, 7) is 1.58. The highest BCUT2D eigenvalue weighted by atomic mass is 35.5. The number of nitrogens with one attached hydrogen (secondary N) is 1. The minimum Gasteiger partial charge on any atom is -0.370 e. The van der Waals surface area contributed by atoms with E-state index in [0.29, 0.717) is 36.2 Å². The van der Waals surface area contributed by atoms with E-state index in [1.807, 2.05) is 0 Å². The van der Waals surface area contributed by atoms with Gasteiger partial charge in [0.15, 0.2) is 0 Å². The van der Waals surface area contributed by atoms with E-state index in [0.717, 1.165) is 0 Å². The molecule has 0 aliphatic carbocycles. The van der Waals surface area contributed by atoms with Crippen LogP contribution in [0.3, 0.4) is 0 Å². The Bertz CT molecular complexity index is 427. The minimum absolute atomic E-state index is 0.0553. The summed E-state index contributed by atoms with van der Waals surface area (Å²) in [6, 6.07) is 3.37. The van der Waals surface area contributed by atoms with Crippen LogP contribution in [-0.4, -0.2) is 35.5 Å². The predicted octanol–water partition coefficient (Wildman–Crippen LogP) is 0.379. The zero-order chi connectivity index (χ0) is 12.3. The fraction of sp³-hybridized carbons (Fsp3) is 0.400. The second-order valence-electron chi connectivity index (χ2n) is 3.64. The quantitative estimate of drug-likeness (QED) is 0.604. The fourth-order valence-corrected chi connectivity index (χ4v) is 1.74. The maximum Gasteiger partial charge on any atom is 0.249 e. The van der Waals surface area contributed by atoms with Gasteiger partial charge < -0.3 is 15.1 Å². The topological polar surface area (TPSA) is 80.5 Å². The Morgan fingerprint density at radius 2 is 2.41 bits per heavy atom. The number of amides is 1. The van der Waals surface area contributed by atoms with Crippen LogP contribution in [0, 0.1) is 0 Å². The third-order valence-electron chi connectivity index (χ3n) is 2.49. The maximum atomic E-state index is 11.6. The smallest absolute Gasteiger partial charge is 0.249 e. The predicted molar refractivity (Wildman–Crippen MR) is 63.3 cm³/mol. The highest BCUT2D eigenvalue weighted by molar-refractivity contribution is 6.31. The zero-order valence-corrected chi connectivity index (χ0v) is 9.91. The van der Waals surface area contributed by atoms with Gasteiger partial charge in [-0.2, -0.15) is 0 Å². The molecule has 92 valence electrons. The number of morpholine rings is 1. The molecule has 6 nitrogen and oxygen atoms in total. The lowest BCUT2D eigenvalue weighted by Gasteiger charge is -2.26. The number of carbonyl (C=O) groups excluding carboxylic acids is 1. The first kappa shape index (κ1) is 12.1. The number of anilines is 1. The molecule has 1 aliphatic heterocycles. The summed E-state index contributed by atoms with van der Waals surface area (Å²) in [5, 5.41) is 0.517. The maximum absolute atomic E-state index is 11.6. The third kappa shape index (κ3) is 2.85. The Kier molecular flexibility index (Phi) is 3.78. The molecule has 2 rings (SSSR count). The summed E-state index contributed by atoms with van der Waals surface area (Å²) in [7, 11) is 0. The van der Waals surface area contributed by atoms with Gasteiger partial charge in [-0.1, -0.05) is 11.6 Å². The van der Waals surface area contributed by atoms with Crippen molar-refractivity contribution < 1.29 is 9.53 Å². The number of hydrazine groups is 1. The van der Waals surface area contributed by atoms with Crippen molar-refractivity contribution in [2.45, 2.75) is 6.54 Å². The average Bonchev–Trinajstić information content (AvgIpc) is 2.35. The normalized spacial score (nSPS) is 16.1. The number of hydrogen-bond acceptors (Lipinski definition) is 5. The molecular formula is C10H13ClN4O2. The van der Waals surface area contributed by atoms with Crippen molar-refractivity contribution in [3.05, 3.63) is 22.8 Å². The number of carbonyl (C=O) groups is 1. The Morgan fingerprint density at radius 3 is 3.12 bits per heavy atom. The molecule has 0 unspecified atom stereocenters. The van der Waals surface area contributed by atoms with Gasteiger partial charge in [0, 0.05) is 6.54 Å². The molecule has 0 spiro atoms. The molecule has 2 heterocycles. The molecule has 0 radical (unpaired) electrons. The zero-order valence-electron chi connectivity index (χ0n) is 9.15. The van der Waals surface area contributed by atoms with E-state index in [1.54, 1.807) is 17.0 Å². The number of halogens is 1. The number of rotatable bonds is 3. The van der Waals surface area contributed by atoms with Crippen molar-refractivity contribution in [3.8, 4) is 0 Å². The summed E-state index contributed by atoms with van der Waals surface area (Å²) in [6.07, 6.45) is 0. The van der Waals surface area contributed by atoms with Crippen LogP contribution in [0.15, 0.2) is 12.1 Å². The van der Waals surface area contributed by atoms with Gasteiger partial charge in [0.05, 0.1) is 23.9 Å². The molecular weight excluding hydrogens is 244 g/mol. The number of aromatic nitrogens is 1. The van der Waals surface area contributed by atoms with E-state index >= 15 is 0 Å². The lowest BCUT2D eigenvalue weighted by atomic mass is 10.3. The molecule has 3 N–H and O–H groups in total. The van der Waals surface area contributed by atoms with Crippen LogP contribution in [-0.2, 0) is 16.1 Å². The van der Waals surface area contributed by atoms with Gasteiger partial charge in [0.2, 0.25) is 5.91 Å². The summed E-state index contributed by atoms with van der Waals surface area (Å²) in [4.78, 5) is 17.4. The van der Waals surface area contributed by atoms with E-state index in [9.17, 15) is 4.79 Å². The van der Waals surface area contributed by atoms with Crippen LogP contribution in [0.4, 0.5) is 5.82 Å². The van der Waals surface area contributed by atoms with Crippen molar-refractivity contribution in [3.63, 3.8) is 0 Å². The lowest BCUT2D eigenvalue weighted by Crippen LogP contribution is -2.41. The summed E-state index contributed by atoms with van der Waals surface area (Å²) in [5.74, 6) is 5.74. The van der Waals surface area contributed by atoms with Crippen molar-refractivity contribution in [1.29, 1.82) is 0 Å². The van der Waals surface area contributed by atoms with Gasteiger partial charge in [0.1, 0.15) is 12.4 Å². The van der Waals surface area contributed by atoms with Crippen LogP contribution < -0.4 is 11.3 Å². The highest BCUT2D eigenvalue weighted by Gasteiger charge is 2.20. The van der Waals surface area contributed by atoms with Crippen molar-refractivity contribution in [1.82, 2.24) is 9.88 Å². The number of nitrogens with zero attached hydrogens (tertiary/aromatic N) is 2. The van der Waals surface area contributed by atoms with Gasteiger partial charge in [-0.05, 0) is 12.1 Å². The summed E-state index contributed by atoms with van der Waals surface area (Å²) < 4.78 is 5.05. The molecule has 1 saturated heterocycles. The SMILES string of the molecule is NNc1ccc(Cl)c(CN2CCOCC2=O)n1. The number of ether oxygens (including phenoxy) is 1. The first-order valence-electron chi connectivity index (χ1n) is 5.18. The summed E-state index contributed by atoms with van der Waals surface area (Å²) >= 11 is 6.02. The molecule has 1 aromatic heterocycles. The first-order chi connectivity index (χ1) is 8.20. The first-order valence-corrected chi connectivity index (χ1v) is 5.56. The highest BCUT2D eigenvalue weighted by Crippen LogP contribution is 2.18. The van der Waals surface area contributed by atoms with Crippen LogP contribution in [0.1, 0.15) is 5.69 Å². The average molecular weight is 257 g/mol. The van der Waals surface area contributed by atoms with Crippen LogP contribution in [0.2, 0.25) is 5.02 Å². The van der Waals surface area contributed by atoms with Crippen molar-refractivity contribution in [2.75, 3.05) is 25.2 Å². The Morgan fingerprint density at radius 1 is 1.59 bits per heavy atom. The monoisotopic (exact) mass is 256 g/mol. The Balaban J connectivity index is 2.14. The summed E-state index contributed by atoms with van der Waals surface area (Å²) in [5.41, 5.74) is 3.07. The molecule has 1 aliphatic rings. The largest absolute Gasteiger partial charge is 0.370 e. The van der Waals surface area contributed by atoms with Gasteiger partial charge in [-0.15, -0.1) is 0 Å². The Hall–Kier alpha value is -1.37. The van der Waals surface area contributed by atoms with Gasteiger partial charge in [0.25, 0.3) is 0 Å². The molecule has 1 amide bonds. The third-order valence-corrected chi connectivity index (χ3v) is 2.84. The molecule has 0 bridgehead atoms. The standard InChI is InChI=1S/C10H13ClN4O2/c11-7-1-2-9(14-12)13-8(7)5-15-3-4-17-6-10(15)16/h1-2H,3-6,12H2,(H,13,14). The fourth-order valence-electron chi connectivity index (χ4n) is 1.57. The van der Waals surface area contributed by atoms with E-state index < -0.39 is 0 Å². The van der Waals surface area contributed by atoms with E-state index in [4.69, 9.17) is 22.2 Å². The molecule has 0 saturated carbocycles.